The molecule has 0 aliphatic heterocycles. The van der Waals surface area contributed by atoms with Crippen LogP contribution in [0.1, 0.15) is 5.56 Å². The zero-order chi connectivity index (χ0) is 16.8. The van der Waals surface area contributed by atoms with E-state index in [2.05, 4.69) is 5.32 Å². The van der Waals surface area contributed by atoms with Crippen LogP contribution < -0.4 is 16.4 Å². The number of nitrogens with one attached hydrogen (secondary N) is 2. The molecule has 4 N–H and O–H groups in total. The summed E-state index contributed by atoms with van der Waals surface area (Å²) in [6.07, 6.45) is -4.33. The summed E-state index contributed by atoms with van der Waals surface area (Å²) in [6, 6.07) is 5.75. The Morgan fingerprint density at radius 1 is 1.23 bits per heavy atom. The molecule has 22 heavy (non-hydrogen) atoms. The molecule has 0 saturated heterocycles. The first-order valence-electron chi connectivity index (χ1n) is 6.30. The second kappa shape index (κ2) is 7.88. The number of primary amides is 1. The summed E-state index contributed by atoms with van der Waals surface area (Å²) in [5.74, 6) is -1.47. The highest BCUT2D eigenvalue weighted by Gasteiger charge is 2.28. The molecule has 0 radical (unpaired) electrons. The Hall–Kier alpha value is -1.96. The molecule has 5 nitrogen and oxygen atoms in total. The minimum absolute atomic E-state index is 0.175. The second-order valence-electron chi connectivity index (χ2n) is 4.57. The molecule has 0 aromatic heterocycles. The first-order valence-corrected chi connectivity index (χ1v) is 6.68. The normalized spacial score (nSPS) is 12.5. The third-order valence-electron chi connectivity index (χ3n) is 2.78. The highest BCUT2D eigenvalue weighted by molar-refractivity contribution is 6.31. The molecule has 1 aromatic carbocycles. The van der Waals surface area contributed by atoms with E-state index >= 15 is 0 Å². The maximum Gasteiger partial charge on any atom is 0.405 e. The molecular formula is C13H15ClF3N3O2. The van der Waals surface area contributed by atoms with Crippen molar-refractivity contribution in [3.05, 3.63) is 34.9 Å². The van der Waals surface area contributed by atoms with E-state index in [1.54, 1.807) is 29.6 Å². The van der Waals surface area contributed by atoms with Gasteiger partial charge in [-0.15, -0.1) is 0 Å². The van der Waals surface area contributed by atoms with Crippen molar-refractivity contribution in [1.29, 1.82) is 0 Å². The van der Waals surface area contributed by atoms with Crippen molar-refractivity contribution in [2.75, 3.05) is 13.1 Å². The maximum absolute atomic E-state index is 11.9. The Morgan fingerprint density at radius 3 is 2.41 bits per heavy atom. The van der Waals surface area contributed by atoms with Gasteiger partial charge < -0.3 is 16.4 Å². The van der Waals surface area contributed by atoms with Crippen molar-refractivity contribution < 1.29 is 22.8 Å². The predicted molar refractivity (Wildman–Crippen MR) is 75.3 cm³/mol. The smallest absolute Gasteiger partial charge is 0.369 e. The van der Waals surface area contributed by atoms with Gasteiger partial charge in [-0.05, 0) is 18.1 Å². The van der Waals surface area contributed by atoms with Crippen LogP contribution in [0.2, 0.25) is 5.02 Å². The van der Waals surface area contributed by atoms with E-state index in [1.165, 1.54) is 0 Å². The van der Waals surface area contributed by atoms with E-state index in [9.17, 15) is 22.8 Å². The van der Waals surface area contributed by atoms with Crippen molar-refractivity contribution in [3.8, 4) is 0 Å². The van der Waals surface area contributed by atoms with Crippen LogP contribution in [0.3, 0.4) is 0 Å². The Morgan fingerprint density at radius 2 is 1.86 bits per heavy atom. The number of benzene rings is 1. The number of rotatable bonds is 6. The number of carbonyl (C=O) groups excluding carboxylic acids is 2. The number of hydrogen-bond acceptors (Lipinski definition) is 2. The van der Waals surface area contributed by atoms with Gasteiger partial charge in [-0.25, -0.2) is 4.79 Å². The fraction of sp³-hybridized carbons (Fsp3) is 0.385. The molecule has 0 aliphatic carbocycles. The molecule has 122 valence electrons. The molecule has 9 heteroatoms. The van der Waals surface area contributed by atoms with Crippen molar-refractivity contribution >= 4 is 23.5 Å². The molecule has 0 fully saturated rings. The average Bonchev–Trinajstić information content (AvgIpc) is 2.42. The summed E-state index contributed by atoms with van der Waals surface area (Å²) in [5, 5.41) is 4.26. The van der Waals surface area contributed by atoms with E-state index in [4.69, 9.17) is 17.3 Å². The van der Waals surface area contributed by atoms with Crippen LogP contribution in [0.5, 0.6) is 0 Å². The number of halogens is 4. The molecule has 0 bridgehead atoms. The van der Waals surface area contributed by atoms with Gasteiger partial charge in [0.2, 0.25) is 5.91 Å². The number of hydrogen-bond donors (Lipinski definition) is 3. The van der Waals surface area contributed by atoms with Crippen LogP contribution >= 0.6 is 11.6 Å². The van der Waals surface area contributed by atoms with Gasteiger partial charge in [0.15, 0.2) is 0 Å². The molecule has 1 unspecified atom stereocenters. The van der Waals surface area contributed by atoms with Crippen LogP contribution in [-0.2, 0) is 11.2 Å². The SMILES string of the molecule is NC(=O)C(CNC(=O)NCC(F)(F)F)Cc1ccccc1Cl. The Bertz CT molecular complexity index is 538. The van der Waals surface area contributed by atoms with Crippen LogP contribution in [0.4, 0.5) is 18.0 Å². The lowest BCUT2D eigenvalue weighted by Crippen LogP contribution is -2.44. The van der Waals surface area contributed by atoms with Crippen molar-refractivity contribution in [2.24, 2.45) is 11.7 Å². The lowest BCUT2D eigenvalue weighted by molar-refractivity contribution is -0.123. The van der Waals surface area contributed by atoms with Crippen LogP contribution in [0.15, 0.2) is 24.3 Å². The number of nitrogens with two attached hydrogens (primary N) is 1. The van der Waals surface area contributed by atoms with E-state index in [1.807, 2.05) is 0 Å². The fourth-order valence-electron chi connectivity index (χ4n) is 1.66. The van der Waals surface area contributed by atoms with Gasteiger partial charge >= 0.3 is 12.2 Å². The van der Waals surface area contributed by atoms with E-state index in [-0.39, 0.29) is 13.0 Å². The summed E-state index contributed by atoms with van der Waals surface area (Å²) in [4.78, 5) is 22.6. The fourth-order valence-corrected chi connectivity index (χ4v) is 1.87. The third kappa shape index (κ3) is 6.66. The Balaban J connectivity index is 2.54. The Kier molecular flexibility index (Phi) is 6.48. The zero-order valence-corrected chi connectivity index (χ0v) is 12.2. The minimum atomic E-state index is -4.50. The van der Waals surface area contributed by atoms with Crippen LogP contribution in [0.25, 0.3) is 0 Å². The average molecular weight is 338 g/mol. The van der Waals surface area contributed by atoms with Gasteiger partial charge in [-0.2, -0.15) is 13.2 Å². The van der Waals surface area contributed by atoms with Crippen molar-refractivity contribution in [1.82, 2.24) is 10.6 Å². The quantitative estimate of drug-likeness (QED) is 0.740. The van der Waals surface area contributed by atoms with Gasteiger partial charge in [0.25, 0.3) is 0 Å². The van der Waals surface area contributed by atoms with Gasteiger partial charge in [0, 0.05) is 11.6 Å². The van der Waals surface area contributed by atoms with E-state index in [0.29, 0.717) is 10.6 Å². The lowest BCUT2D eigenvalue weighted by atomic mass is 9.98. The Labute approximate surface area is 130 Å². The van der Waals surface area contributed by atoms with E-state index in [0.717, 1.165) is 0 Å². The van der Waals surface area contributed by atoms with Crippen molar-refractivity contribution in [2.45, 2.75) is 12.6 Å². The van der Waals surface area contributed by atoms with Gasteiger partial charge in [0.05, 0.1) is 5.92 Å². The first kappa shape index (κ1) is 18.1. The molecule has 1 atom stereocenters. The highest BCUT2D eigenvalue weighted by atomic mass is 35.5. The molecule has 3 amide bonds. The molecule has 0 saturated carbocycles. The summed E-state index contributed by atoms with van der Waals surface area (Å²) in [6.45, 7) is -1.64. The largest absolute Gasteiger partial charge is 0.405 e. The highest BCUT2D eigenvalue weighted by Crippen LogP contribution is 2.18. The summed E-state index contributed by atoms with van der Waals surface area (Å²) in [5.41, 5.74) is 5.89. The summed E-state index contributed by atoms with van der Waals surface area (Å²) >= 11 is 5.96. The standard InChI is InChI=1S/C13H15ClF3N3O2/c14-10-4-2-1-3-8(10)5-9(11(18)21)6-19-12(22)20-7-13(15,16)17/h1-4,9H,5-7H2,(H2,18,21)(H2,19,20,22). The predicted octanol–water partition coefficient (Wildman–Crippen LogP) is 1.85. The lowest BCUT2D eigenvalue weighted by Gasteiger charge is -2.16. The molecule has 0 aliphatic rings. The maximum atomic E-state index is 11.9. The topological polar surface area (TPSA) is 84.2 Å². The third-order valence-corrected chi connectivity index (χ3v) is 3.15. The van der Waals surface area contributed by atoms with Gasteiger partial charge in [0.1, 0.15) is 6.54 Å². The second-order valence-corrected chi connectivity index (χ2v) is 4.98. The molecular weight excluding hydrogens is 323 g/mol. The van der Waals surface area contributed by atoms with E-state index < -0.39 is 30.6 Å². The molecule has 1 aromatic rings. The number of alkyl halides is 3. The minimum Gasteiger partial charge on any atom is -0.369 e. The van der Waals surface area contributed by atoms with Crippen molar-refractivity contribution in [3.63, 3.8) is 0 Å². The zero-order valence-electron chi connectivity index (χ0n) is 11.4. The molecule has 0 heterocycles. The number of urea groups is 1. The monoisotopic (exact) mass is 337 g/mol. The number of amides is 3. The van der Waals surface area contributed by atoms with Gasteiger partial charge in [-0.3, -0.25) is 4.79 Å². The summed E-state index contributed by atoms with van der Waals surface area (Å²) in [7, 11) is 0. The molecule has 1 rings (SSSR count). The van der Waals surface area contributed by atoms with Crippen LogP contribution in [0, 0.1) is 5.92 Å². The molecule has 0 spiro atoms. The first-order chi connectivity index (χ1) is 10.2. The van der Waals surface area contributed by atoms with Gasteiger partial charge in [-0.1, -0.05) is 29.8 Å². The number of carbonyl (C=O) groups is 2. The van der Waals surface area contributed by atoms with Crippen LogP contribution in [-0.4, -0.2) is 31.2 Å². The summed E-state index contributed by atoms with van der Waals surface area (Å²) < 4.78 is 35.8.